The normalized spacial score (nSPS) is 17.8. The van der Waals surface area contributed by atoms with Crippen LogP contribution in [0.5, 0.6) is 0 Å². The SMILES string of the molecule is CCc1ccc([S+]([O-])CC(O)CN2CCN(CC(O)Cn3c(=O)c4c(ncn4C)n(C)c3=O)CC2)cc1. The Morgan fingerprint density at radius 3 is 2.16 bits per heavy atom. The minimum Gasteiger partial charge on any atom is -0.611 e. The average Bonchev–Trinajstić information content (AvgIpc) is 3.28. The fraction of sp³-hybridized carbons (Fsp3) is 0.560. The summed E-state index contributed by atoms with van der Waals surface area (Å²) in [6.45, 7) is 5.49. The van der Waals surface area contributed by atoms with Gasteiger partial charge in [-0.25, -0.2) is 9.78 Å². The molecule has 37 heavy (non-hydrogen) atoms. The maximum atomic E-state index is 12.9. The third-order valence-corrected chi connectivity index (χ3v) is 8.42. The molecule has 1 aromatic carbocycles. The zero-order valence-corrected chi connectivity index (χ0v) is 22.4. The summed E-state index contributed by atoms with van der Waals surface area (Å²) in [5.74, 6) is 0.190. The zero-order chi connectivity index (χ0) is 26.7. The summed E-state index contributed by atoms with van der Waals surface area (Å²) < 4.78 is 16.6. The molecule has 2 aromatic heterocycles. The summed E-state index contributed by atoms with van der Waals surface area (Å²) in [6, 6.07) is 7.67. The van der Waals surface area contributed by atoms with E-state index in [1.54, 1.807) is 18.7 Å². The second-order valence-electron chi connectivity index (χ2n) is 9.70. The number of hydrogen-bond acceptors (Lipinski definition) is 8. The highest BCUT2D eigenvalue weighted by Gasteiger charge is 2.25. The summed E-state index contributed by atoms with van der Waals surface area (Å²) in [6.07, 6.45) is 0.823. The fourth-order valence-corrected chi connectivity index (χ4v) is 5.86. The molecule has 12 heteroatoms. The second-order valence-corrected chi connectivity index (χ2v) is 11.2. The van der Waals surface area contributed by atoms with Crippen molar-refractivity contribution >= 4 is 22.3 Å². The first-order valence-electron chi connectivity index (χ1n) is 12.6. The van der Waals surface area contributed by atoms with Crippen molar-refractivity contribution in [1.29, 1.82) is 0 Å². The third kappa shape index (κ3) is 6.33. The zero-order valence-electron chi connectivity index (χ0n) is 21.6. The number of hydrogen-bond donors (Lipinski definition) is 2. The Morgan fingerprint density at radius 2 is 1.57 bits per heavy atom. The number of piperazine rings is 1. The molecular weight excluding hydrogens is 496 g/mol. The largest absolute Gasteiger partial charge is 0.611 e. The molecule has 0 amide bonds. The van der Waals surface area contributed by atoms with E-state index in [1.807, 2.05) is 24.3 Å². The predicted molar refractivity (Wildman–Crippen MR) is 142 cm³/mol. The van der Waals surface area contributed by atoms with Gasteiger partial charge in [0.25, 0.3) is 5.56 Å². The van der Waals surface area contributed by atoms with E-state index in [9.17, 15) is 24.4 Å². The molecule has 11 nitrogen and oxygen atoms in total. The Bertz CT molecular complexity index is 1310. The van der Waals surface area contributed by atoms with Crippen molar-refractivity contribution in [1.82, 2.24) is 28.5 Å². The summed E-state index contributed by atoms with van der Waals surface area (Å²) in [7, 11) is 3.25. The molecular formula is C25H36N6O5S. The number of aliphatic hydroxyl groups excluding tert-OH is 2. The van der Waals surface area contributed by atoms with Crippen LogP contribution in [0.15, 0.2) is 45.1 Å². The number of aryl methyl sites for hydroxylation is 3. The first-order chi connectivity index (χ1) is 17.7. The molecule has 0 radical (unpaired) electrons. The van der Waals surface area contributed by atoms with Gasteiger partial charge in [0.1, 0.15) is 11.9 Å². The standard InChI is InChI=1S/C25H36N6O5S/c1-4-18-5-7-21(8-6-18)37(36)16-20(33)14-30-11-9-29(10-12-30)13-19(32)15-31-24(34)22-23(26-17-27(22)2)28(3)25(31)35/h5-8,17,19-20,32-33H,4,9-16H2,1-3H3. The van der Waals surface area contributed by atoms with Crippen molar-refractivity contribution in [2.75, 3.05) is 45.0 Å². The number of nitrogens with zero attached hydrogens (tertiary/aromatic N) is 6. The minimum absolute atomic E-state index is 0.101. The Labute approximate surface area is 218 Å². The fourth-order valence-electron chi connectivity index (χ4n) is 4.78. The highest BCUT2D eigenvalue weighted by atomic mass is 32.2. The van der Waals surface area contributed by atoms with Crippen LogP contribution in [0.4, 0.5) is 0 Å². The summed E-state index contributed by atoms with van der Waals surface area (Å²) in [4.78, 5) is 34.6. The van der Waals surface area contributed by atoms with E-state index < -0.39 is 34.6 Å². The van der Waals surface area contributed by atoms with Crippen LogP contribution >= 0.6 is 0 Å². The van der Waals surface area contributed by atoms with Crippen LogP contribution in [-0.4, -0.2) is 100 Å². The monoisotopic (exact) mass is 532 g/mol. The van der Waals surface area contributed by atoms with Crippen LogP contribution in [0.1, 0.15) is 12.5 Å². The lowest BCUT2D eigenvalue weighted by Crippen LogP contribution is -2.52. The molecule has 2 N–H and O–H groups in total. The molecule has 0 spiro atoms. The van der Waals surface area contributed by atoms with Gasteiger partial charge in [0, 0.05) is 53.4 Å². The van der Waals surface area contributed by atoms with E-state index in [4.69, 9.17) is 0 Å². The smallest absolute Gasteiger partial charge is 0.332 e. The first-order valence-corrected chi connectivity index (χ1v) is 13.9. The number of fused-ring (bicyclic) bond motifs is 1. The number of β-amino-alcohol motifs (C(OH)–C–C–N with tert-alkyl or cyclic N) is 2. The second kappa shape index (κ2) is 11.9. The maximum Gasteiger partial charge on any atom is 0.332 e. The molecule has 1 aliphatic heterocycles. The number of imidazole rings is 1. The Kier molecular flexibility index (Phi) is 8.88. The molecule has 1 saturated heterocycles. The summed E-state index contributed by atoms with van der Waals surface area (Å²) in [5, 5.41) is 21.2. The van der Waals surface area contributed by atoms with Gasteiger partial charge in [-0.1, -0.05) is 19.1 Å². The summed E-state index contributed by atoms with van der Waals surface area (Å²) >= 11 is -1.26. The van der Waals surface area contributed by atoms with E-state index in [0.29, 0.717) is 50.4 Å². The minimum atomic E-state index is -1.26. The quantitative estimate of drug-likeness (QED) is 0.323. The highest BCUT2D eigenvalue weighted by molar-refractivity contribution is 7.91. The Balaban J connectivity index is 1.26. The van der Waals surface area contributed by atoms with Crippen molar-refractivity contribution in [3.8, 4) is 0 Å². The van der Waals surface area contributed by atoms with E-state index in [1.165, 1.54) is 16.5 Å². The van der Waals surface area contributed by atoms with Gasteiger partial charge in [-0.3, -0.25) is 23.7 Å². The molecule has 3 atom stereocenters. The third-order valence-electron chi connectivity index (χ3n) is 6.94. The topological polar surface area (TPSA) is 132 Å². The van der Waals surface area contributed by atoms with Crippen LogP contribution in [0.2, 0.25) is 0 Å². The van der Waals surface area contributed by atoms with Crippen LogP contribution in [-0.2, 0) is 38.2 Å². The van der Waals surface area contributed by atoms with E-state index in [0.717, 1.165) is 15.9 Å². The number of aromatic nitrogens is 4. The number of aliphatic hydroxyl groups is 2. The number of benzene rings is 1. The lowest BCUT2D eigenvalue weighted by Gasteiger charge is -2.36. The van der Waals surface area contributed by atoms with Gasteiger partial charge in [0.15, 0.2) is 16.1 Å². The van der Waals surface area contributed by atoms with Crippen molar-refractivity contribution in [2.24, 2.45) is 14.1 Å². The van der Waals surface area contributed by atoms with Crippen molar-refractivity contribution in [3.63, 3.8) is 0 Å². The van der Waals surface area contributed by atoms with Gasteiger partial charge in [-0.05, 0) is 35.3 Å². The van der Waals surface area contributed by atoms with E-state index in [2.05, 4.69) is 21.7 Å². The lowest BCUT2D eigenvalue weighted by molar-refractivity contribution is 0.0475. The molecule has 1 aliphatic rings. The van der Waals surface area contributed by atoms with Gasteiger partial charge in [-0.15, -0.1) is 0 Å². The van der Waals surface area contributed by atoms with Gasteiger partial charge < -0.3 is 19.3 Å². The van der Waals surface area contributed by atoms with Crippen LogP contribution in [0.3, 0.4) is 0 Å². The van der Waals surface area contributed by atoms with Gasteiger partial charge >= 0.3 is 5.69 Å². The molecule has 3 heterocycles. The van der Waals surface area contributed by atoms with E-state index in [-0.39, 0.29) is 12.3 Å². The summed E-state index contributed by atoms with van der Waals surface area (Å²) in [5.41, 5.74) is 0.857. The van der Waals surface area contributed by atoms with Crippen LogP contribution in [0, 0.1) is 0 Å². The lowest BCUT2D eigenvalue weighted by atomic mass is 10.2. The van der Waals surface area contributed by atoms with Gasteiger partial charge in [0.05, 0.1) is 19.0 Å². The van der Waals surface area contributed by atoms with Crippen LogP contribution < -0.4 is 11.2 Å². The Morgan fingerprint density at radius 1 is 0.973 bits per heavy atom. The van der Waals surface area contributed by atoms with Gasteiger partial charge in [-0.2, -0.15) is 0 Å². The average molecular weight is 533 g/mol. The van der Waals surface area contributed by atoms with Crippen molar-refractivity contribution < 1.29 is 14.8 Å². The number of rotatable bonds is 10. The molecule has 1 fully saturated rings. The van der Waals surface area contributed by atoms with Crippen molar-refractivity contribution in [2.45, 2.75) is 37.0 Å². The maximum absolute atomic E-state index is 12.9. The van der Waals surface area contributed by atoms with Crippen molar-refractivity contribution in [3.05, 3.63) is 57.0 Å². The first kappa shape index (κ1) is 27.6. The molecule has 3 aromatic rings. The highest BCUT2D eigenvalue weighted by Crippen LogP contribution is 2.15. The Hall–Kier alpha value is -2.48. The van der Waals surface area contributed by atoms with E-state index >= 15 is 0 Å². The molecule has 4 rings (SSSR count). The molecule has 3 unspecified atom stereocenters. The van der Waals surface area contributed by atoms with Gasteiger partial charge in [0.2, 0.25) is 0 Å². The molecule has 202 valence electrons. The predicted octanol–water partition coefficient (Wildman–Crippen LogP) is -0.857. The molecule has 0 bridgehead atoms. The molecule has 0 saturated carbocycles. The van der Waals surface area contributed by atoms with Crippen LogP contribution in [0.25, 0.3) is 11.2 Å². The molecule has 0 aliphatic carbocycles.